The van der Waals surface area contributed by atoms with Crippen molar-refractivity contribution in [3.63, 3.8) is 0 Å². The van der Waals surface area contributed by atoms with E-state index in [9.17, 15) is 4.79 Å². The standard InChI is InChI=1S/C14H21NO3/c1-4-15(7-8-17-2)10-13-9-12(11-16)5-6-14(13)18-3/h5-6,9,11H,4,7-8,10H2,1-3H3. The Balaban J connectivity index is 2.82. The van der Waals surface area contributed by atoms with Crippen molar-refractivity contribution >= 4 is 6.29 Å². The average molecular weight is 251 g/mol. The molecule has 0 saturated heterocycles. The molecule has 0 bridgehead atoms. The van der Waals surface area contributed by atoms with E-state index in [0.29, 0.717) is 12.2 Å². The number of carbonyl (C=O) groups excluding carboxylic acids is 1. The Morgan fingerprint density at radius 1 is 1.33 bits per heavy atom. The van der Waals surface area contributed by atoms with E-state index in [1.807, 2.05) is 12.1 Å². The fraction of sp³-hybridized carbons (Fsp3) is 0.500. The lowest BCUT2D eigenvalue weighted by Gasteiger charge is -2.21. The maximum atomic E-state index is 10.8. The molecule has 0 N–H and O–H groups in total. The molecule has 0 unspecified atom stereocenters. The van der Waals surface area contributed by atoms with Crippen LogP contribution in [0, 0.1) is 0 Å². The van der Waals surface area contributed by atoms with E-state index in [1.54, 1.807) is 20.3 Å². The summed E-state index contributed by atoms with van der Waals surface area (Å²) in [6.07, 6.45) is 0.856. The van der Waals surface area contributed by atoms with Crippen LogP contribution < -0.4 is 4.74 Å². The van der Waals surface area contributed by atoms with Crippen LogP contribution in [-0.2, 0) is 11.3 Å². The molecule has 1 aromatic rings. The van der Waals surface area contributed by atoms with Gasteiger partial charge in [0.1, 0.15) is 12.0 Å². The molecule has 0 spiro atoms. The second kappa shape index (κ2) is 7.84. The van der Waals surface area contributed by atoms with E-state index in [1.165, 1.54) is 0 Å². The molecule has 0 aliphatic heterocycles. The summed E-state index contributed by atoms with van der Waals surface area (Å²) in [6, 6.07) is 5.48. The van der Waals surface area contributed by atoms with E-state index >= 15 is 0 Å². The van der Waals surface area contributed by atoms with E-state index in [2.05, 4.69) is 11.8 Å². The van der Waals surface area contributed by atoms with Crippen LogP contribution in [0.15, 0.2) is 18.2 Å². The van der Waals surface area contributed by atoms with Crippen LogP contribution in [0.1, 0.15) is 22.8 Å². The highest BCUT2D eigenvalue weighted by atomic mass is 16.5. The number of rotatable bonds is 8. The summed E-state index contributed by atoms with van der Waals surface area (Å²) in [5, 5.41) is 0. The first-order valence-corrected chi connectivity index (χ1v) is 6.08. The van der Waals surface area contributed by atoms with Crippen molar-refractivity contribution in [2.75, 3.05) is 33.9 Å². The average Bonchev–Trinajstić information content (AvgIpc) is 2.43. The third kappa shape index (κ3) is 4.13. The number of carbonyl (C=O) groups is 1. The molecule has 0 fully saturated rings. The summed E-state index contributed by atoms with van der Waals surface area (Å²) >= 11 is 0. The summed E-state index contributed by atoms with van der Waals surface area (Å²) in [4.78, 5) is 13.1. The van der Waals surface area contributed by atoms with Crippen molar-refractivity contribution in [2.24, 2.45) is 0 Å². The van der Waals surface area contributed by atoms with Crippen molar-refractivity contribution < 1.29 is 14.3 Å². The molecule has 0 atom stereocenters. The second-order valence-electron chi connectivity index (χ2n) is 4.05. The van der Waals surface area contributed by atoms with Gasteiger partial charge >= 0.3 is 0 Å². The van der Waals surface area contributed by atoms with E-state index in [4.69, 9.17) is 9.47 Å². The van der Waals surface area contributed by atoms with Gasteiger partial charge in [0, 0.05) is 31.3 Å². The minimum absolute atomic E-state index is 0.675. The van der Waals surface area contributed by atoms with Gasteiger partial charge in [0.2, 0.25) is 0 Å². The van der Waals surface area contributed by atoms with Crippen LogP contribution in [0.3, 0.4) is 0 Å². The first-order chi connectivity index (χ1) is 8.74. The smallest absolute Gasteiger partial charge is 0.150 e. The highest BCUT2D eigenvalue weighted by Gasteiger charge is 2.09. The lowest BCUT2D eigenvalue weighted by molar-refractivity contribution is 0.112. The zero-order valence-corrected chi connectivity index (χ0v) is 11.3. The summed E-state index contributed by atoms with van der Waals surface area (Å²) < 4.78 is 10.4. The number of hydrogen-bond acceptors (Lipinski definition) is 4. The molecule has 0 aliphatic rings. The summed E-state index contributed by atoms with van der Waals surface area (Å²) in [5.41, 5.74) is 1.70. The van der Waals surface area contributed by atoms with Crippen molar-refractivity contribution in [3.05, 3.63) is 29.3 Å². The highest BCUT2D eigenvalue weighted by Crippen LogP contribution is 2.21. The van der Waals surface area contributed by atoms with Crippen molar-refractivity contribution in [1.82, 2.24) is 4.90 Å². The van der Waals surface area contributed by atoms with Crippen LogP contribution >= 0.6 is 0 Å². The van der Waals surface area contributed by atoms with Gasteiger partial charge in [0.05, 0.1) is 13.7 Å². The monoisotopic (exact) mass is 251 g/mol. The maximum Gasteiger partial charge on any atom is 0.150 e. The molecule has 4 heteroatoms. The Hall–Kier alpha value is -1.39. The Morgan fingerprint density at radius 2 is 2.11 bits per heavy atom. The fourth-order valence-electron chi connectivity index (χ4n) is 1.81. The van der Waals surface area contributed by atoms with Crippen molar-refractivity contribution in [3.8, 4) is 5.75 Å². The van der Waals surface area contributed by atoms with Gasteiger partial charge in [-0.3, -0.25) is 9.69 Å². The number of likely N-dealkylation sites (N-methyl/N-ethyl adjacent to an activating group) is 1. The Bertz CT molecular complexity index is 379. The molecule has 0 aromatic heterocycles. The molecule has 4 nitrogen and oxygen atoms in total. The highest BCUT2D eigenvalue weighted by molar-refractivity contribution is 5.75. The van der Waals surface area contributed by atoms with E-state index in [0.717, 1.165) is 37.2 Å². The van der Waals surface area contributed by atoms with E-state index in [-0.39, 0.29) is 0 Å². The molecular formula is C14H21NO3. The van der Waals surface area contributed by atoms with Crippen molar-refractivity contribution in [2.45, 2.75) is 13.5 Å². The number of ether oxygens (including phenoxy) is 2. The number of hydrogen-bond donors (Lipinski definition) is 0. The normalized spacial score (nSPS) is 10.7. The molecule has 0 radical (unpaired) electrons. The predicted molar refractivity (Wildman–Crippen MR) is 71.2 cm³/mol. The summed E-state index contributed by atoms with van der Waals surface area (Å²) in [5.74, 6) is 0.816. The fourth-order valence-corrected chi connectivity index (χ4v) is 1.81. The van der Waals surface area contributed by atoms with Gasteiger partial charge in [-0.1, -0.05) is 6.92 Å². The van der Waals surface area contributed by atoms with Gasteiger partial charge in [-0.25, -0.2) is 0 Å². The lowest BCUT2D eigenvalue weighted by atomic mass is 10.1. The Labute approximate surface area is 108 Å². The molecule has 1 rings (SSSR count). The third-order valence-corrected chi connectivity index (χ3v) is 2.89. The zero-order chi connectivity index (χ0) is 13.4. The van der Waals surface area contributed by atoms with Crippen LogP contribution in [0.25, 0.3) is 0 Å². The molecule has 18 heavy (non-hydrogen) atoms. The Morgan fingerprint density at radius 3 is 2.67 bits per heavy atom. The third-order valence-electron chi connectivity index (χ3n) is 2.89. The van der Waals surface area contributed by atoms with Crippen LogP contribution in [0.5, 0.6) is 5.75 Å². The van der Waals surface area contributed by atoms with Gasteiger partial charge in [0.15, 0.2) is 0 Å². The molecule has 1 aromatic carbocycles. The molecule has 0 heterocycles. The molecule has 100 valence electrons. The zero-order valence-electron chi connectivity index (χ0n) is 11.3. The largest absolute Gasteiger partial charge is 0.496 e. The molecule has 0 amide bonds. The number of aldehydes is 1. The van der Waals surface area contributed by atoms with Gasteiger partial charge in [-0.15, -0.1) is 0 Å². The van der Waals surface area contributed by atoms with Gasteiger partial charge in [0.25, 0.3) is 0 Å². The number of methoxy groups -OCH3 is 2. The molecule has 0 aliphatic carbocycles. The first-order valence-electron chi connectivity index (χ1n) is 6.08. The van der Waals surface area contributed by atoms with Crippen LogP contribution in [0.2, 0.25) is 0 Å². The molecular weight excluding hydrogens is 230 g/mol. The van der Waals surface area contributed by atoms with Gasteiger partial charge in [-0.2, -0.15) is 0 Å². The lowest BCUT2D eigenvalue weighted by Crippen LogP contribution is -2.27. The maximum absolute atomic E-state index is 10.8. The number of nitrogens with zero attached hydrogens (tertiary/aromatic N) is 1. The minimum atomic E-state index is 0.675. The Kier molecular flexibility index (Phi) is 6.39. The summed E-state index contributed by atoms with van der Waals surface area (Å²) in [6.45, 7) is 5.35. The second-order valence-corrected chi connectivity index (χ2v) is 4.05. The molecule has 0 saturated carbocycles. The summed E-state index contributed by atoms with van der Waals surface area (Å²) in [7, 11) is 3.34. The minimum Gasteiger partial charge on any atom is -0.496 e. The van der Waals surface area contributed by atoms with Gasteiger partial charge in [-0.05, 0) is 24.7 Å². The topological polar surface area (TPSA) is 38.8 Å². The quantitative estimate of drug-likeness (QED) is 0.662. The van der Waals surface area contributed by atoms with Crippen LogP contribution in [0.4, 0.5) is 0 Å². The van der Waals surface area contributed by atoms with Crippen LogP contribution in [-0.4, -0.2) is 45.1 Å². The van der Waals surface area contributed by atoms with Gasteiger partial charge < -0.3 is 9.47 Å². The van der Waals surface area contributed by atoms with Crippen molar-refractivity contribution in [1.29, 1.82) is 0 Å². The van der Waals surface area contributed by atoms with E-state index < -0.39 is 0 Å². The first kappa shape index (κ1) is 14.7. The SMILES string of the molecule is CCN(CCOC)Cc1cc(C=O)ccc1OC. The predicted octanol–water partition coefficient (Wildman–Crippen LogP) is 1.98. The number of benzene rings is 1.